The Morgan fingerprint density at radius 3 is 2.14 bits per heavy atom. The first-order valence-corrected chi connectivity index (χ1v) is 14.7. The number of aromatic nitrogens is 4. The molecule has 0 radical (unpaired) electrons. The normalized spacial score (nSPS) is 16.3. The fourth-order valence-electron chi connectivity index (χ4n) is 5.38. The number of benzene rings is 2. The molecule has 1 N–H and O–H groups in total. The van der Waals surface area contributed by atoms with Gasteiger partial charge in [-0.25, -0.2) is 9.97 Å². The lowest BCUT2D eigenvalue weighted by Gasteiger charge is -2.28. The number of H-pyrrole nitrogens is 1. The van der Waals surface area contributed by atoms with E-state index >= 15 is 0 Å². The molecule has 6 rings (SSSR count). The van der Waals surface area contributed by atoms with E-state index in [4.69, 9.17) is 24.2 Å². The van der Waals surface area contributed by atoms with Gasteiger partial charge in [-0.05, 0) is 23.6 Å². The highest BCUT2D eigenvalue weighted by Crippen LogP contribution is 2.28. The van der Waals surface area contributed by atoms with Gasteiger partial charge in [-0.2, -0.15) is 5.10 Å². The second-order valence-electron chi connectivity index (χ2n) is 10.9. The van der Waals surface area contributed by atoms with Crippen LogP contribution in [0.4, 0.5) is 5.82 Å². The van der Waals surface area contributed by atoms with Crippen LogP contribution in [0.2, 0.25) is 0 Å². The monoisotopic (exact) mass is 570 g/mol. The molecule has 10 nitrogen and oxygen atoms in total. The molecular weight excluding hydrogens is 532 g/mol. The van der Waals surface area contributed by atoms with Crippen molar-refractivity contribution in [1.29, 1.82) is 0 Å². The first kappa shape index (κ1) is 28.4. The maximum Gasteiger partial charge on any atom is 0.162 e. The Morgan fingerprint density at radius 2 is 1.45 bits per heavy atom. The molecule has 2 aliphatic heterocycles. The maximum absolute atomic E-state index is 12.9. The van der Waals surface area contributed by atoms with Crippen molar-refractivity contribution in [3.63, 3.8) is 0 Å². The number of hydrogen-bond acceptors (Lipinski definition) is 9. The minimum Gasteiger partial charge on any atom is -0.379 e. The summed E-state index contributed by atoms with van der Waals surface area (Å²) in [5, 5.41) is 7.52. The summed E-state index contributed by atoms with van der Waals surface area (Å²) in [6.45, 7) is 10.6. The number of carbonyl (C=O) groups is 1. The lowest BCUT2D eigenvalue weighted by atomic mass is 10.0. The fourth-order valence-corrected chi connectivity index (χ4v) is 5.38. The molecule has 0 spiro atoms. The summed E-state index contributed by atoms with van der Waals surface area (Å²) >= 11 is 0. The molecule has 2 aromatic carbocycles. The molecule has 0 saturated carbocycles. The number of aromatic amines is 1. The zero-order valence-corrected chi connectivity index (χ0v) is 24.2. The number of nitrogens with zero attached hydrogens (tertiary/aromatic N) is 5. The predicted molar refractivity (Wildman–Crippen MR) is 161 cm³/mol. The second-order valence-corrected chi connectivity index (χ2v) is 10.9. The number of ketones is 1. The fraction of sp³-hybridized carbons (Fsp3) is 0.438. The first-order chi connectivity index (χ1) is 20.6. The molecule has 2 aliphatic rings. The van der Waals surface area contributed by atoms with Crippen molar-refractivity contribution in [1.82, 2.24) is 25.1 Å². The molecule has 4 heterocycles. The van der Waals surface area contributed by atoms with E-state index in [2.05, 4.69) is 32.1 Å². The number of fused-ring (bicyclic) bond motifs is 1. The summed E-state index contributed by atoms with van der Waals surface area (Å²) in [7, 11) is 0. The van der Waals surface area contributed by atoms with E-state index < -0.39 is 0 Å². The van der Waals surface area contributed by atoms with E-state index in [-0.39, 0.29) is 5.78 Å². The topological polar surface area (TPSA) is 106 Å². The quantitative estimate of drug-likeness (QED) is 0.272. The Hall–Kier alpha value is -3.70. The number of aryl methyl sites for hydroxylation is 1. The van der Waals surface area contributed by atoms with Crippen LogP contribution in [0.1, 0.15) is 22.4 Å². The Morgan fingerprint density at radius 1 is 0.833 bits per heavy atom. The van der Waals surface area contributed by atoms with Gasteiger partial charge in [0, 0.05) is 51.1 Å². The number of carbonyl (C=O) groups excluding carboxylic acids is 1. The molecule has 0 unspecified atom stereocenters. The summed E-state index contributed by atoms with van der Waals surface area (Å²) < 4.78 is 16.8. The lowest BCUT2D eigenvalue weighted by molar-refractivity contribution is -0.117. The van der Waals surface area contributed by atoms with Gasteiger partial charge in [0.2, 0.25) is 0 Å². The third kappa shape index (κ3) is 7.01. The molecular formula is C32H38N6O4. The molecule has 10 heteroatoms. The second kappa shape index (κ2) is 13.5. The van der Waals surface area contributed by atoms with Crippen LogP contribution in [0.5, 0.6) is 0 Å². The van der Waals surface area contributed by atoms with Gasteiger partial charge in [0.1, 0.15) is 11.3 Å². The van der Waals surface area contributed by atoms with Gasteiger partial charge < -0.3 is 19.1 Å². The Labute approximate surface area is 246 Å². The molecule has 42 heavy (non-hydrogen) atoms. The molecule has 4 aromatic rings. The van der Waals surface area contributed by atoms with Gasteiger partial charge >= 0.3 is 0 Å². The van der Waals surface area contributed by atoms with Gasteiger partial charge in [-0.1, -0.05) is 48.5 Å². The van der Waals surface area contributed by atoms with E-state index in [9.17, 15) is 4.79 Å². The largest absolute Gasteiger partial charge is 0.379 e. The van der Waals surface area contributed by atoms with E-state index in [0.29, 0.717) is 45.1 Å². The van der Waals surface area contributed by atoms with Crippen LogP contribution in [0.15, 0.2) is 48.5 Å². The van der Waals surface area contributed by atoms with Crippen molar-refractivity contribution >= 4 is 22.6 Å². The van der Waals surface area contributed by atoms with Crippen molar-refractivity contribution < 1.29 is 19.0 Å². The van der Waals surface area contributed by atoms with Crippen molar-refractivity contribution in [3.05, 3.63) is 70.9 Å². The summed E-state index contributed by atoms with van der Waals surface area (Å²) in [4.78, 5) is 27.2. The summed E-state index contributed by atoms with van der Waals surface area (Å²) in [5.74, 6) is 1.66. The van der Waals surface area contributed by atoms with Crippen molar-refractivity contribution in [3.8, 4) is 11.4 Å². The standard InChI is InChI=1S/C32H38N6O4/c1-23-29-30(36-35-23)32(38-13-18-41-19-14-38)34-31(33-29)27-8-6-25(7-9-27)21-28(39)20-24-2-4-26(5-3-24)22-42-17-12-37-10-15-40-16-11-37/h2-9H,10-22H2,1H3,(H,35,36). The number of anilines is 1. The highest BCUT2D eigenvalue weighted by molar-refractivity contribution is 5.89. The molecule has 0 amide bonds. The zero-order chi connectivity index (χ0) is 28.7. The third-order valence-corrected chi connectivity index (χ3v) is 7.83. The summed E-state index contributed by atoms with van der Waals surface area (Å²) in [5.41, 5.74) is 6.53. The number of hydrogen-bond donors (Lipinski definition) is 1. The maximum atomic E-state index is 12.9. The van der Waals surface area contributed by atoms with Crippen LogP contribution in [0, 0.1) is 6.92 Å². The van der Waals surface area contributed by atoms with Crippen LogP contribution in [-0.2, 0) is 38.5 Å². The molecule has 2 aromatic heterocycles. The number of ether oxygens (including phenoxy) is 3. The van der Waals surface area contributed by atoms with Crippen LogP contribution < -0.4 is 4.90 Å². The Bertz CT molecular complexity index is 1480. The van der Waals surface area contributed by atoms with Crippen LogP contribution in [0.3, 0.4) is 0 Å². The molecule has 2 fully saturated rings. The minimum atomic E-state index is 0.179. The van der Waals surface area contributed by atoms with Gasteiger partial charge in [0.25, 0.3) is 0 Å². The van der Waals surface area contributed by atoms with Gasteiger partial charge in [-0.3, -0.25) is 14.8 Å². The van der Waals surface area contributed by atoms with Gasteiger partial charge in [0.15, 0.2) is 17.2 Å². The Kier molecular flexibility index (Phi) is 9.15. The average molecular weight is 571 g/mol. The molecule has 0 aliphatic carbocycles. The van der Waals surface area contributed by atoms with Crippen LogP contribution in [-0.4, -0.2) is 96.6 Å². The predicted octanol–water partition coefficient (Wildman–Crippen LogP) is 3.37. The van der Waals surface area contributed by atoms with E-state index in [1.54, 1.807) is 0 Å². The highest BCUT2D eigenvalue weighted by Gasteiger charge is 2.21. The molecule has 2 saturated heterocycles. The number of Topliss-reactive ketones (excluding diaryl/α,β-unsaturated/α-hetero) is 1. The average Bonchev–Trinajstić information content (AvgIpc) is 3.41. The van der Waals surface area contributed by atoms with Gasteiger partial charge in [-0.15, -0.1) is 0 Å². The molecule has 0 bridgehead atoms. The van der Waals surface area contributed by atoms with Crippen LogP contribution >= 0.6 is 0 Å². The highest BCUT2D eigenvalue weighted by atomic mass is 16.5. The molecule has 0 atom stereocenters. The minimum absolute atomic E-state index is 0.179. The van der Waals surface area contributed by atoms with Crippen LogP contribution in [0.25, 0.3) is 22.4 Å². The summed E-state index contributed by atoms with van der Waals surface area (Å²) in [6, 6.07) is 16.1. The number of morpholine rings is 2. The zero-order valence-electron chi connectivity index (χ0n) is 24.2. The smallest absolute Gasteiger partial charge is 0.162 e. The third-order valence-electron chi connectivity index (χ3n) is 7.83. The Balaban J connectivity index is 1.03. The van der Waals surface area contributed by atoms with Gasteiger partial charge in [0.05, 0.1) is 45.3 Å². The summed E-state index contributed by atoms with van der Waals surface area (Å²) in [6.07, 6.45) is 0.787. The van der Waals surface area contributed by atoms with E-state index in [0.717, 1.165) is 90.7 Å². The molecule has 220 valence electrons. The lowest BCUT2D eigenvalue weighted by Crippen LogP contribution is -2.38. The number of rotatable bonds is 11. The number of nitrogens with one attached hydrogen (secondary N) is 1. The van der Waals surface area contributed by atoms with Crippen molar-refractivity contribution in [2.75, 3.05) is 70.7 Å². The SMILES string of the molecule is Cc1[nH]nc2c(N3CCOCC3)nc(-c3ccc(CC(=O)Cc4ccc(COCCN5CCOCC5)cc4)cc3)nc12. The van der Waals surface area contributed by atoms with Crippen molar-refractivity contribution in [2.24, 2.45) is 0 Å². The van der Waals surface area contributed by atoms with E-state index in [1.165, 1.54) is 0 Å². The van der Waals surface area contributed by atoms with Crippen molar-refractivity contribution in [2.45, 2.75) is 26.4 Å². The first-order valence-electron chi connectivity index (χ1n) is 14.7. The van der Waals surface area contributed by atoms with E-state index in [1.807, 2.05) is 43.3 Å².